The maximum atomic E-state index is 11.4. The van der Waals surface area contributed by atoms with E-state index in [0.29, 0.717) is 30.7 Å². The molecule has 108 valence electrons. The zero-order valence-corrected chi connectivity index (χ0v) is 12.1. The lowest BCUT2D eigenvalue weighted by atomic mass is 10.0. The number of aldehydes is 1. The van der Waals surface area contributed by atoms with Crippen LogP contribution in [0.1, 0.15) is 47.3 Å². The first kappa shape index (κ1) is 12.8. The quantitative estimate of drug-likeness (QED) is 0.808. The van der Waals surface area contributed by atoms with Gasteiger partial charge in [0.25, 0.3) is 0 Å². The van der Waals surface area contributed by atoms with Gasteiger partial charge in [-0.1, -0.05) is 12.1 Å². The summed E-state index contributed by atoms with van der Waals surface area (Å²) in [6, 6.07) is 6.59. The smallest absolute Gasteiger partial charge is 0.153 e. The van der Waals surface area contributed by atoms with E-state index in [0.717, 1.165) is 17.5 Å². The number of fused-ring (bicyclic) bond motifs is 1. The number of rotatable bonds is 4. The molecule has 1 aromatic heterocycles. The standard InChI is InChI=1S/C17H18N2O2/c1-11(12-2-3-12)19-7-16(8-20)17(18-19)13-4-5-14-9-21-10-15(14)6-13/h4-8,11-12H,2-3,9-10H2,1H3. The highest BCUT2D eigenvalue weighted by Gasteiger charge is 2.30. The van der Waals surface area contributed by atoms with Crippen molar-refractivity contribution in [2.75, 3.05) is 0 Å². The zero-order chi connectivity index (χ0) is 14.4. The fourth-order valence-corrected chi connectivity index (χ4v) is 3.04. The van der Waals surface area contributed by atoms with Crippen molar-refractivity contribution in [2.24, 2.45) is 5.92 Å². The Morgan fingerprint density at radius 2 is 2.14 bits per heavy atom. The monoisotopic (exact) mass is 282 g/mol. The first-order valence-corrected chi connectivity index (χ1v) is 7.50. The van der Waals surface area contributed by atoms with E-state index in [9.17, 15) is 4.79 Å². The van der Waals surface area contributed by atoms with Crippen LogP contribution in [0, 0.1) is 5.92 Å². The largest absolute Gasteiger partial charge is 0.372 e. The van der Waals surface area contributed by atoms with Gasteiger partial charge in [-0.05, 0) is 42.9 Å². The van der Waals surface area contributed by atoms with Crippen LogP contribution in [0.4, 0.5) is 0 Å². The molecule has 2 aliphatic rings. The van der Waals surface area contributed by atoms with Crippen molar-refractivity contribution in [3.8, 4) is 11.3 Å². The Morgan fingerprint density at radius 1 is 1.33 bits per heavy atom. The van der Waals surface area contributed by atoms with Crippen LogP contribution in [0.3, 0.4) is 0 Å². The summed E-state index contributed by atoms with van der Waals surface area (Å²) in [4.78, 5) is 11.4. The van der Waals surface area contributed by atoms with Crippen LogP contribution < -0.4 is 0 Å². The number of ether oxygens (including phenoxy) is 1. The molecule has 1 aliphatic heterocycles. The Bertz CT molecular complexity index is 701. The third-order valence-corrected chi connectivity index (χ3v) is 4.60. The lowest BCUT2D eigenvalue weighted by Gasteiger charge is -2.10. The van der Waals surface area contributed by atoms with Gasteiger partial charge in [0.05, 0.1) is 24.8 Å². The van der Waals surface area contributed by atoms with Gasteiger partial charge in [0, 0.05) is 11.8 Å². The number of aromatic nitrogens is 2. The van der Waals surface area contributed by atoms with Crippen LogP contribution in [-0.4, -0.2) is 16.1 Å². The summed E-state index contributed by atoms with van der Waals surface area (Å²) < 4.78 is 7.41. The second-order valence-corrected chi connectivity index (χ2v) is 6.09. The van der Waals surface area contributed by atoms with Crippen molar-refractivity contribution in [3.63, 3.8) is 0 Å². The Kier molecular flexibility index (Phi) is 2.93. The van der Waals surface area contributed by atoms with Gasteiger partial charge in [-0.2, -0.15) is 5.10 Å². The van der Waals surface area contributed by atoms with E-state index >= 15 is 0 Å². The molecular formula is C17H18N2O2. The van der Waals surface area contributed by atoms with E-state index in [-0.39, 0.29) is 0 Å². The number of carbonyl (C=O) groups excluding carboxylic acids is 1. The van der Waals surface area contributed by atoms with Crippen molar-refractivity contribution in [1.29, 1.82) is 0 Å². The van der Waals surface area contributed by atoms with Gasteiger partial charge in [0.15, 0.2) is 6.29 Å². The highest BCUT2D eigenvalue weighted by Crippen LogP contribution is 2.39. The minimum atomic E-state index is 0.371. The topological polar surface area (TPSA) is 44.1 Å². The van der Waals surface area contributed by atoms with Gasteiger partial charge in [-0.15, -0.1) is 0 Å². The third kappa shape index (κ3) is 2.20. The lowest BCUT2D eigenvalue weighted by Crippen LogP contribution is -2.07. The van der Waals surface area contributed by atoms with Crippen LogP contribution >= 0.6 is 0 Å². The summed E-state index contributed by atoms with van der Waals surface area (Å²) in [6.07, 6.45) is 5.32. The van der Waals surface area contributed by atoms with Gasteiger partial charge in [0.2, 0.25) is 0 Å². The average Bonchev–Trinajstić information content (AvgIpc) is 3.10. The summed E-state index contributed by atoms with van der Waals surface area (Å²) in [5.41, 5.74) is 4.89. The van der Waals surface area contributed by atoms with Crippen molar-refractivity contribution in [3.05, 3.63) is 41.1 Å². The minimum Gasteiger partial charge on any atom is -0.372 e. The van der Waals surface area contributed by atoms with Crippen LogP contribution in [0.5, 0.6) is 0 Å². The van der Waals surface area contributed by atoms with E-state index in [1.807, 2.05) is 16.9 Å². The summed E-state index contributed by atoms with van der Waals surface area (Å²) in [5, 5.41) is 4.68. The van der Waals surface area contributed by atoms with E-state index in [1.165, 1.54) is 24.0 Å². The Hall–Kier alpha value is -1.94. The fourth-order valence-electron chi connectivity index (χ4n) is 3.04. The van der Waals surface area contributed by atoms with Crippen LogP contribution in [0.15, 0.2) is 24.4 Å². The summed E-state index contributed by atoms with van der Waals surface area (Å²) >= 11 is 0. The molecule has 1 unspecified atom stereocenters. The summed E-state index contributed by atoms with van der Waals surface area (Å²) in [7, 11) is 0. The van der Waals surface area contributed by atoms with Crippen molar-refractivity contribution in [2.45, 2.75) is 39.0 Å². The van der Waals surface area contributed by atoms with Crippen molar-refractivity contribution < 1.29 is 9.53 Å². The summed E-state index contributed by atoms with van der Waals surface area (Å²) in [6.45, 7) is 3.52. The summed E-state index contributed by atoms with van der Waals surface area (Å²) in [5.74, 6) is 0.714. The molecule has 2 heterocycles. The van der Waals surface area contributed by atoms with Gasteiger partial charge in [0.1, 0.15) is 5.69 Å². The molecular weight excluding hydrogens is 264 g/mol. The molecule has 1 atom stereocenters. The molecule has 0 radical (unpaired) electrons. The van der Waals surface area contributed by atoms with E-state index in [2.05, 4.69) is 24.2 Å². The maximum absolute atomic E-state index is 11.4. The molecule has 21 heavy (non-hydrogen) atoms. The second-order valence-electron chi connectivity index (χ2n) is 6.09. The number of benzene rings is 1. The lowest BCUT2D eigenvalue weighted by molar-refractivity contribution is 0.112. The molecule has 0 bridgehead atoms. The second kappa shape index (κ2) is 4.81. The van der Waals surface area contributed by atoms with Gasteiger partial charge >= 0.3 is 0 Å². The number of carbonyl (C=O) groups is 1. The van der Waals surface area contributed by atoms with E-state index in [1.54, 1.807) is 0 Å². The number of nitrogens with zero attached hydrogens (tertiary/aromatic N) is 2. The van der Waals surface area contributed by atoms with Crippen molar-refractivity contribution in [1.82, 2.24) is 9.78 Å². The first-order valence-electron chi connectivity index (χ1n) is 7.50. The van der Waals surface area contributed by atoms with E-state index in [4.69, 9.17) is 4.74 Å². The molecule has 1 aliphatic carbocycles. The Labute approximate surface area is 123 Å². The molecule has 1 saturated carbocycles. The third-order valence-electron chi connectivity index (χ3n) is 4.60. The highest BCUT2D eigenvalue weighted by molar-refractivity contribution is 5.85. The zero-order valence-electron chi connectivity index (χ0n) is 12.1. The maximum Gasteiger partial charge on any atom is 0.153 e. The molecule has 0 amide bonds. The number of hydrogen-bond acceptors (Lipinski definition) is 3. The van der Waals surface area contributed by atoms with Gasteiger partial charge < -0.3 is 4.74 Å². The fraction of sp³-hybridized carbons (Fsp3) is 0.412. The molecule has 2 aromatic rings. The number of hydrogen-bond donors (Lipinski definition) is 0. The Balaban J connectivity index is 1.74. The van der Waals surface area contributed by atoms with Gasteiger partial charge in [-0.3, -0.25) is 9.48 Å². The van der Waals surface area contributed by atoms with Crippen molar-refractivity contribution >= 4 is 6.29 Å². The molecule has 1 fully saturated rings. The highest BCUT2D eigenvalue weighted by atomic mass is 16.5. The molecule has 4 nitrogen and oxygen atoms in total. The Morgan fingerprint density at radius 3 is 2.90 bits per heavy atom. The predicted octanol–water partition coefficient (Wildman–Crippen LogP) is 3.36. The van der Waals surface area contributed by atoms with Crippen LogP contribution in [0.2, 0.25) is 0 Å². The normalized spacial score (nSPS) is 18.5. The SMILES string of the molecule is CC(C1CC1)n1cc(C=O)c(-c2ccc3c(c2)COC3)n1. The van der Waals surface area contributed by atoms with Crippen LogP contribution in [-0.2, 0) is 18.0 Å². The van der Waals surface area contributed by atoms with E-state index < -0.39 is 0 Å². The van der Waals surface area contributed by atoms with Gasteiger partial charge in [-0.25, -0.2) is 0 Å². The molecule has 0 spiro atoms. The minimum absolute atomic E-state index is 0.371. The molecule has 4 rings (SSSR count). The first-order chi connectivity index (χ1) is 10.3. The molecule has 0 saturated heterocycles. The predicted molar refractivity (Wildman–Crippen MR) is 79.0 cm³/mol. The molecule has 4 heteroatoms. The molecule has 1 aromatic carbocycles. The average molecular weight is 282 g/mol. The van der Waals surface area contributed by atoms with Crippen LogP contribution in [0.25, 0.3) is 11.3 Å². The molecule has 0 N–H and O–H groups in total.